The number of para-hydroxylation sites is 1. The number of fused-ring (bicyclic) bond motifs is 1. The maximum atomic E-state index is 5.90. The normalized spacial score (nSPS) is 16.8. The highest BCUT2D eigenvalue weighted by atomic mass is 32.1. The number of benzene rings is 1. The van der Waals surface area contributed by atoms with E-state index < -0.39 is 0 Å². The molecule has 1 heterocycles. The van der Waals surface area contributed by atoms with Crippen molar-refractivity contribution in [2.75, 3.05) is 13.2 Å². The summed E-state index contributed by atoms with van der Waals surface area (Å²) in [5, 5.41) is 4.58. The average Bonchev–Trinajstić information content (AvgIpc) is 2.90. The first-order valence-electron chi connectivity index (χ1n) is 7.58. The van der Waals surface area contributed by atoms with Crippen LogP contribution < -0.4 is 5.32 Å². The molecular formula is C16H22N2OS. The van der Waals surface area contributed by atoms with Crippen LogP contribution in [0.2, 0.25) is 0 Å². The Morgan fingerprint density at radius 3 is 2.90 bits per heavy atom. The van der Waals surface area contributed by atoms with E-state index in [2.05, 4.69) is 28.5 Å². The highest BCUT2D eigenvalue weighted by Crippen LogP contribution is 2.21. The Morgan fingerprint density at radius 1 is 1.20 bits per heavy atom. The van der Waals surface area contributed by atoms with Gasteiger partial charge in [0.2, 0.25) is 0 Å². The van der Waals surface area contributed by atoms with Crippen molar-refractivity contribution in [3.8, 4) is 0 Å². The minimum atomic E-state index is 0.507. The largest absolute Gasteiger partial charge is 0.377 e. The van der Waals surface area contributed by atoms with Crippen molar-refractivity contribution < 1.29 is 4.74 Å². The fourth-order valence-electron chi connectivity index (χ4n) is 2.72. The van der Waals surface area contributed by atoms with Crippen molar-refractivity contribution in [1.82, 2.24) is 10.3 Å². The van der Waals surface area contributed by atoms with E-state index in [0.717, 1.165) is 30.2 Å². The Kier molecular flexibility index (Phi) is 5.01. The summed E-state index contributed by atoms with van der Waals surface area (Å²) in [5.74, 6) is 0. The second kappa shape index (κ2) is 7.16. The van der Waals surface area contributed by atoms with Gasteiger partial charge in [0, 0.05) is 13.1 Å². The average molecular weight is 290 g/mol. The van der Waals surface area contributed by atoms with E-state index in [1.54, 1.807) is 11.3 Å². The molecule has 1 saturated carbocycles. The Labute approximate surface area is 124 Å². The third-order valence-electron chi connectivity index (χ3n) is 3.80. The van der Waals surface area contributed by atoms with E-state index in [9.17, 15) is 0 Å². The predicted octanol–water partition coefficient (Wildman–Crippen LogP) is 3.74. The highest BCUT2D eigenvalue weighted by molar-refractivity contribution is 7.18. The molecule has 0 radical (unpaired) electrons. The first kappa shape index (κ1) is 14.0. The fraction of sp³-hybridized carbons (Fsp3) is 0.562. The van der Waals surface area contributed by atoms with Crippen LogP contribution in [0.4, 0.5) is 0 Å². The van der Waals surface area contributed by atoms with Gasteiger partial charge in [0.05, 0.1) is 22.9 Å². The number of ether oxygens (including phenoxy) is 1. The zero-order chi connectivity index (χ0) is 13.6. The molecule has 1 aliphatic carbocycles. The minimum Gasteiger partial charge on any atom is -0.377 e. The summed E-state index contributed by atoms with van der Waals surface area (Å²) in [7, 11) is 0. The van der Waals surface area contributed by atoms with E-state index in [1.165, 1.54) is 36.8 Å². The van der Waals surface area contributed by atoms with Gasteiger partial charge in [-0.15, -0.1) is 11.3 Å². The Balaban J connectivity index is 1.37. The number of aromatic nitrogens is 1. The molecule has 1 aliphatic rings. The van der Waals surface area contributed by atoms with Gasteiger partial charge in [0.25, 0.3) is 0 Å². The molecule has 0 saturated heterocycles. The molecule has 0 atom stereocenters. The smallest absolute Gasteiger partial charge is 0.108 e. The van der Waals surface area contributed by atoms with Crippen LogP contribution in [0.3, 0.4) is 0 Å². The number of hydrogen-bond donors (Lipinski definition) is 1. The molecule has 1 fully saturated rings. The molecule has 3 rings (SSSR count). The summed E-state index contributed by atoms with van der Waals surface area (Å²) in [6, 6.07) is 8.30. The lowest BCUT2D eigenvalue weighted by atomic mass is 9.98. The van der Waals surface area contributed by atoms with Crippen molar-refractivity contribution in [2.45, 2.75) is 44.8 Å². The SMILES string of the molecule is c1ccc2sc(CNCCOC3CCCCC3)nc2c1. The summed E-state index contributed by atoms with van der Waals surface area (Å²) in [5.41, 5.74) is 1.10. The second-order valence-electron chi connectivity index (χ2n) is 5.38. The van der Waals surface area contributed by atoms with E-state index in [1.807, 2.05) is 6.07 Å². The first-order chi connectivity index (χ1) is 9.92. The van der Waals surface area contributed by atoms with Gasteiger partial charge in [-0.1, -0.05) is 31.4 Å². The van der Waals surface area contributed by atoms with Crippen LogP contribution in [0.15, 0.2) is 24.3 Å². The van der Waals surface area contributed by atoms with Crippen LogP contribution in [0, 0.1) is 0 Å². The van der Waals surface area contributed by atoms with Gasteiger partial charge >= 0.3 is 0 Å². The third-order valence-corrected chi connectivity index (χ3v) is 4.84. The van der Waals surface area contributed by atoms with Gasteiger partial charge in [-0.25, -0.2) is 4.98 Å². The third kappa shape index (κ3) is 3.78. The molecule has 1 N–H and O–H groups in total. The zero-order valence-corrected chi connectivity index (χ0v) is 12.6. The van der Waals surface area contributed by atoms with E-state index in [-0.39, 0.29) is 0 Å². The van der Waals surface area contributed by atoms with Gasteiger partial charge < -0.3 is 10.1 Å². The van der Waals surface area contributed by atoms with Crippen LogP contribution in [0.1, 0.15) is 37.1 Å². The summed E-state index contributed by atoms with van der Waals surface area (Å²) in [6.45, 7) is 2.56. The Morgan fingerprint density at radius 2 is 2.05 bits per heavy atom. The van der Waals surface area contributed by atoms with Gasteiger partial charge in [-0.3, -0.25) is 0 Å². The van der Waals surface area contributed by atoms with E-state index in [0.29, 0.717) is 6.10 Å². The monoisotopic (exact) mass is 290 g/mol. The topological polar surface area (TPSA) is 34.1 Å². The molecule has 1 aromatic heterocycles. The molecule has 0 spiro atoms. The summed E-state index contributed by atoms with van der Waals surface area (Å²) >= 11 is 1.77. The minimum absolute atomic E-state index is 0.507. The summed E-state index contributed by atoms with van der Waals surface area (Å²) < 4.78 is 7.17. The van der Waals surface area contributed by atoms with E-state index in [4.69, 9.17) is 4.74 Å². The number of hydrogen-bond acceptors (Lipinski definition) is 4. The number of nitrogens with zero attached hydrogens (tertiary/aromatic N) is 1. The Hall–Kier alpha value is -0.970. The number of rotatable bonds is 6. The summed E-state index contributed by atoms with van der Waals surface area (Å²) in [6.07, 6.45) is 7.06. The second-order valence-corrected chi connectivity index (χ2v) is 6.50. The van der Waals surface area contributed by atoms with Gasteiger partial charge in [0.1, 0.15) is 5.01 Å². The van der Waals surface area contributed by atoms with E-state index >= 15 is 0 Å². The van der Waals surface area contributed by atoms with Gasteiger partial charge in [-0.2, -0.15) is 0 Å². The lowest BCUT2D eigenvalue weighted by Gasteiger charge is -2.21. The van der Waals surface area contributed by atoms with Gasteiger partial charge in [0.15, 0.2) is 0 Å². The van der Waals surface area contributed by atoms with Crippen LogP contribution in [0.5, 0.6) is 0 Å². The van der Waals surface area contributed by atoms with Crippen molar-refractivity contribution in [3.63, 3.8) is 0 Å². The van der Waals surface area contributed by atoms with Crippen LogP contribution >= 0.6 is 11.3 Å². The van der Waals surface area contributed by atoms with Crippen molar-refractivity contribution >= 4 is 21.6 Å². The summed E-state index contributed by atoms with van der Waals surface area (Å²) in [4.78, 5) is 4.62. The molecular weight excluding hydrogens is 268 g/mol. The Bertz CT molecular complexity index is 501. The molecule has 2 aromatic rings. The van der Waals surface area contributed by atoms with Crippen molar-refractivity contribution in [1.29, 1.82) is 0 Å². The highest BCUT2D eigenvalue weighted by Gasteiger charge is 2.12. The van der Waals surface area contributed by atoms with Crippen LogP contribution in [0.25, 0.3) is 10.2 Å². The molecule has 0 bridgehead atoms. The quantitative estimate of drug-likeness (QED) is 0.823. The first-order valence-corrected chi connectivity index (χ1v) is 8.40. The maximum absolute atomic E-state index is 5.90. The van der Waals surface area contributed by atoms with Crippen molar-refractivity contribution in [3.05, 3.63) is 29.3 Å². The molecule has 1 aromatic carbocycles. The standard InChI is InChI=1S/C16H22N2OS/c1-2-6-13(7-3-1)19-11-10-17-12-16-18-14-8-4-5-9-15(14)20-16/h4-5,8-9,13,17H,1-3,6-7,10-12H2. The van der Waals surface area contributed by atoms with Crippen LogP contribution in [-0.4, -0.2) is 24.2 Å². The maximum Gasteiger partial charge on any atom is 0.108 e. The molecule has 20 heavy (non-hydrogen) atoms. The van der Waals surface area contributed by atoms with Crippen LogP contribution in [-0.2, 0) is 11.3 Å². The number of nitrogens with one attached hydrogen (secondary N) is 1. The molecule has 108 valence electrons. The van der Waals surface area contributed by atoms with Gasteiger partial charge in [-0.05, 0) is 25.0 Å². The zero-order valence-electron chi connectivity index (χ0n) is 11.8. The van der Waals surface area contributed by atoms with Crippen molar-refractivity contribution in [2.24, 2.45) is 0 Å². The predicted molar refractivity (Wildman–Crippen MR) is 84.2 cm³/mol. The molecule has 0 aliphatic heterocycles. The molecule has 0 unspecified atom stereocenters. The fourth-order valence-corrected chi connectivity index (χ4v) is 3.66. The molecule has 3 nitrogen and oxygen atoms in total. The molecule has 4 heteroatoms. The lowest BCUT2D eigenvalue weighted by Crippen LogP contribution is -2.24. The molecule has 0 amide bonds. The number of thiazole rings is 1. The lowest BCUT2D eigenvalue weighted by molar-refractivity contribution is 0.0302.